The number of nitrogens with two attached hydrogens (primary N) is 1. The molecule has 2 atom stereocenters. The van der Waals surface area contributed by atoms with E-state index >= 15 is 0 Å². The predicted octanol–water partition coefficient (Wildman–Crippen LogP) is 0.982. The molecule has 4 heteroatoms. The maximum Gasteiger partial charge on any atom is 0.237 e. The van der Waals surface area contributed by atoms with Crippen LogP contribution in [0.3, 0.4) is 0 Å². The van der Waals surface area contributed by atoms with Gasteiger partial charge in [-0.2, -0.15) is 11.8 Å². The number of hydrogen-bond donors (Lipinski definition) is 2. The Morgan fingerprint density at radius 1 is 1.62 bits per heavy atom. The van der Waals surface area contributed by atoms with Crippen LogP contribution in [0.5, 0.6) is 0 Å². The van der Waals surface area contributed by atoms with E-state index in [1.165, 1.54) is 0 Å². The lowest BCUT2D eigenvalue weighted by molar-refractivity contribution is -0.123. The first-order valence-electron chi connectivity index (χ1n) is 4.66. The molecule has 1 amide bonds. The average molecular weight is 204 g/mol. The quantitative estimate of drug-likeness (QED) is 0.678. The molecule has 3 nitrogen and oxygen atoms in total. The normalized spacial score (nSPS) is 15.1. The van der Waals surface area contributed by atoms with E-state index in [0.717, 1.165) is 18.6 Å². The van der Waals surface area contributed by atoms with E-state index in [1.54, 1.807) is 11.8 Å². The number of amides is 1. The second-order valence-electron chi connectivity index (χ2n) is 3.21. The lowest BCUT2D eigenvalue weighted by atomic mass is 10.2. The lowest BCUT2D eigenvalue weighted by Crippen LogP contribution is -2.44. The van der Waals surface area contributed by atoms with Crippen LogP contribution in [0.1, 0.15) is 26.7 Å². The van der Waals surface area contributed by atoms with Crippen molar-refractivity contribution in [2.75, 3.05) is 12.0 Å². The smallest absolute Gasteiger partial charge is 0.237 e. The van der Waals surface area contributed by atoms with Gasteiger partial charge in [-0.25, -0.2) is 0 Å². The maximum absolute atomic E-state index is 11.4. The molecule has 0 saturated heterocycles. The average Bonchev–Trinajstić information content (AvgIpc) is 2.13. The first-order valence-corrected chi connectivity index (χ1v) is 6.06. The Labute approximate surface area is 84.8 Å². The van der Waals surface area contributed by atoms with E-state index in [9.17, 15) is 4.79 Å². The molecule has 0 fully saturated rings. The Bertz CT molecular complexity index is 153. The zero-order valence-corrected chi connectivity index (χ0v) is 9.49. The first-order chi connectivity index (χ1) is 6.11. The molecule has 3 N–H and O–H groups in total. The summed E-state index contributed by atoms with van der Waals surface area (Å²) in [6.07, 6.45) is 3.71. The monoisotopic (exact) mass is 204 g/mol. The molecule has 0 heterocycles. The van der Waals surface area contributed by atoms with Gasteiger partial charge in [0.05, 0.1) is 6.04 Å². The van der Waals surface area contributed by atoms with Gasteiger partial charge >= 0.3 is 0 Å². The minimum Gasteiger partial charge on any atom is -0.352 e. The fourth-order valence-electron chi connectivity index (χ4n) is 0.828. The van der Waals surface area contributed by atoms with E-state index in [0.29, 0.717) is 0 Å². The standard InChI is InChI=1S/C9H20N2OS/c1-4-7(2)11-9(12)8(10)5-6-13-3/h7-8H,4-6,10H2,1-3H3,(H,11,12)/t7-,8+/m0/s1. The highest BCUT2D eigenvalue weighted by Gasteiger charge is 2.13. The van der Waals surface area contributed by atoms with Crippen LogP contribution in [-0.4, -0.2) is 30.0 Å². The third-order valence-electron chi connectivity index (χ3n) is 1.97. The van der Waals surface area contributed by atoms with Crippen molar-refractivity contribution in [1.29, 1.82) is 0 Å². The van der Waals surface area contributed by atoms with E-state index in [4.69, 9.17) is 5.73 Å². The van der Waals surface area contributed by atoms with Gasteiger partial charge in [-0.1, -0.05) is 6.92 Å². The van der Waals surface area contributed by atoms with Crippen molar-refractivity contribution in [3.8, 4) is 0 Å². The summed E-state index contributed by atoms with van der Waals surface area (Å²) < 4.78 is 0. The van der Waals surface area contributed by atoms with Crippen molar-refractivity contribution >= 4 is 17.7 Å². The van der Waals surface area contributed by atoms with Gasteiger partial charge in [0.2, 0.25) is 5.91 Å². The summed E-state index contributed by atoms with van der Waals surface area (Å²) in [6, 6.07) is -0.116. The topological polar surface area (TPSA) is 55.1 Å². The maximum atomic E-state index is 11.4. The Balaban J connectivity index is 3.68. The molecular formula is C9H20N2OS. The highest BCUT2D eigenvalue weighted by atomic mass is 32.2. The third kappa shape index (κ3) is 5.93. The number of hydrogen-bond acceptors (Lipinski definition) is 3. The molecule has 78 valence electrons. The van der Waals surface area contributed by atoms with Crippen LogP contribution in [0.15, 0.2) is 0 Å². The summed E-state index contributed by atoms with van der Waals surface area (Å²) in [4.78, 5) is 11.4. The van der Waals surface area contributed by atoms with Crippen molar-refractivity contribution in [3.05, 3.63) is 0 Å². The van der Waals surface area contributed by atoms with E-state index in [1.807, 2.05) is 20.1 Å². The zero-order chi connectivity index (χ0) is 10.3. The second-order valence-corrected chi connectivity index (χ2v) is 4.19. The fourth-order valence-corrected chi connectivity index (χ4v) is 1.32. The molecule has 0 saturated carbocycles. The SMILES string of the molecule is CC[C@H](C)NC(=O)[C@H](N)CCSC. The van der Waals surface area contributed by atoms with Gasteiger partial charge in [0.1, 0.15) is 0 Å². The largest absolute Gasteiger partial charge is 0.352 e. The molecule has 0 radical (unpaired) electrons. The fraction of sp³-hybridized carbons (Fsp3) is 0.889. The molecule has 0 aromatic heterocycles. The number of rotatable bonds is 6. The van der Waals surface area contributed by atoms with Crippen LogP contribution in [0.2, 0.25) is 0 Å². The molecule has 0 bridgehead atoms. The lowest BCUT2D eigenvalue weighted by Gasteiger charge is -2.15. The first kappa shape index (κ1) is 12.8. The molecule has 13 heavy (non-hydrogen) atoms. The molecule has 0 aromatic carbocycles. The molecule has 0 unspecified atom stereocenters. The van der Waals surface area contributed by atoms with Crippen LogP contribution >= 0.6 is 11.8 Å². The van der Waals surface area contributed by atoms with Gasteiger partial charge in [-0.05, 0) is 31.8 Å². The van der Waals surface area contributed by atoms with Crippen molar-refractivity contribution in [2.45, 2.75) is 38.8 Å². The van der Waals surface area contributed by atoms with Gasteiger partial charge < -0.3 is 11.1 Å². The zero-order valence-electron chi connectivity index (χ0n) is 8.67. The molecule has 0 aliphatic rings. The van der Waals surface area contributed by atoms with Crippen LogP contribution in [-0.2, 0) is 4.79 Å². The highest BCUT2D eigenvalue weighted by Crippen LogP contribution is 1.99. The van der Waals surface area contributed by atoms with Crippen molar-refractivity contribution in [1.82, 2.24) is 5.32 Å². The predicted molar refractivity (Wildman–Crippen MR) is 58.9 cm³/mol. The van der Waals surface area contributed by atoms with E-state index in [-0.39, 0.29) is 18.0 Å². The molecule has 0 spiro atoms. The van der Waals surface area contributed by atoms with Gasteiger partial charge in [-0.3, -0.25) is 4.79 Å². The summed E-state index contributed by atoms with van der Waals surface area (Å²) >= 11 is 1.71. The van der Waals surface area contributed by atoms with Gasteiger partial charge in [0.15, 0.2) is 0 Å². The molecule has 0 aliphatic heterocycles. The minimum atomic E-state index is -0.346. The van der Waals surface area contributed by atoms with Crippen LogP contribution < -0.4 is 11.1 Å². The van der Waals surface area contributed by atoms with E-state index < -0.39 is 0 Å². The second kappa shape index (κ2) is 7.21. The minimum absolute atomic E-state index is 0.0246. The van der Waals surface area contributed by atoms with Crippen LogP contribution in [0, 0.1) is 0 Å². The highest BCUT2D eigenvalue weighted by molar-refractivity contribution is 7.98. The summed E-state index contributed by atoms with van der Waals surface area (Å²) in [5, 5.41) is 2.87. The number of thioether (sulfide) groups is 1. The summed E-state index contributed by atoms with van der Waals surface area (Å²) in [7, 11) is 0. The Morgan fingerprint density at radius 2 is 2.23 bits per heavy atom. The number of nitrogens with one attached hydrogen (secondary N) is 1. The third-order valence-corrected chi connectivity index (χ3v) is 2.61. The van der Waals surface area contributed by atoms with Crippen LogP contribution in [0.25, 0.3) is 0 Å². The van der Waals surface area contributed by atoms with Crippen LogP contribution in [0.4, 0.5) is 0 Å². The van der Waals surface area contributed by atoms with Gasteiger partial charge in [0, 0.05) is 6.04 Å². The Hall–Kier alpha value is -0.220. The molecular weight excluding hydrogens is 184 g/mol. The van der Waals surface area contributed by atoms with Gasteiger partial charge in [-0.15, -0.1) is 0 Å². The number of carbonyl (C=O) groups excluding carboxylic acids is 1. The Morgan fingerprint density at radius 3 is 2.69 bits per heavy atom. The number of carbonyl (C=O) groups is 1. The van der Waals surface area contributed by atoms with Crippen molar-refractivity contribution in [3.63, 3.8) is 0 Å². The summed E-state index contributed by atoms with van der Waals surface area (Å²) in [6.45, 7) is 4.03. The van der Waals surface area contributed by atoms with E-state index in [2.05, 4.69) is 5.32 Å². The van der Waals surface area contributed by atoms with Gasteiger partial charge in [0.25, 0.3) is 0 Å². The summed E-state index contributed by atoms with van der Waals surface area (Å²) in [5.74, 6) is 0.915. The van der Waals surface area contributed by atoms with Crippen molar-refractivity contribution < 1.29 is 4.79 Å². The molecule has 0 aromatic rings. The molecule has 0 rings (SSSR count). The molecule has 0 aliphatic carbocycles. The van der Waals surface area contributed by atoms with Crippen molar-refractivity contribution in [2.24, 2.45) is 5.73 Å². The Kier molecular flexibility index (Phi) is 7.09. The summed E-state index contributed by atoms with van der Waals surface area (Å²) in [5.41, 5.74) is 5.68.